The molecule has 0 saturated carbocycles. The Balaban J connectivity index is 2.69. The molecule has 0 aliphatic heterocycles. The number of aromatic nitrogens is 3. The first-order valence-electron chi connectivity index (χ1n) is 3.38. The molecular weight excluding hydrogens is 140 g/mol. The maximum Gasteiger partial charge on any atom is 0.0848 e. The summed E-state index contributed by atoms with van der Waals surface area (Å²) >= 11 is 0. The van der Waals surface area contributed by atoms with Gasteiger partial charge in [0.15, 0.2) is 0 Å². The van der Waals surface area contributed by atoms with E-state index in [4.69, 9.17) is 5.73 Å². The monoisotopic (exact) mass is 148 g/mol. The molecule has 2 N–H and O–H groups in total. The number of fused-ring (bicyclic) bond motifs is 1. The molecule has 0 amide bonds. The standard InChI is InChI=1S/C7H8N4/c8-4-6-3-7-5-9-1-2-11(7)10-6/h1-3,5H,4,8H2. The number of hydrogen-bond acceptors (Lipinski definition) is 3. The molecule has 2 heterocycles. The van der Waals surface area contributed by atoms with E-state index in [1.807, 2.05) is 6.07 Å². The fourth-order valence-electron chi connectivity index (χ4n) is 0.998. The van der Waals surface area contributed by atoms with E-state index in [-0.39, 0.29) is 0 Å². The fourth-order valence-corrected chi connectivity index (χ4v) is 0.998. The quantitative estimate of drug-likeness (QED) is 0.628. The molecule has 0 aromatic carbocycles. The van der Waals surface area contributed by atoms with Crippen LogP contribution in [0.25, 0.3) is 5.52 Å². The molecule has 2 aromatic rings. The van der Waals surface area contributed by atoms with E-state index in [0.717, 1.165) is 11.2 Å². The van der Waals surface area contributed by atoms with Crippen LogP contribution in [-0.2, 0) is 6.54 Å². The fraction of sp³-hybridized carbons (Fsp3) is 0.143. The van der Waals surface area contributed by atoms with Gasteiger partial charge in [0.05, 0.1) is 17.4 Å². The summed E-state index contributed by atoms with van der Waals surface area (Å²) in [6.07, 6.45) is 5.25. The van der Waals surface area contributed by atoms with E-state index in [2.05, 4.69) is 10.1 Å². The molecule has 0 fully saturated rings. The lowest BCUT2D eigenvalue weighted by molar-refractivity contribution is 0.877. The predicted molar refractivity (Wildman–Crippen MR) is 40.9 cm³/mol. The highest BCUT2D eigenvalue weighted by molar-refractivity contribution is 5.44. The zero-order chi connectivity index (χ0) is 7.68. The zero-order valence-electron chi connectivity index (χ0n) is 5.94. The SMILES string of the molecule is NCc1cc2cnccn2n1. The van der Waals surface area contributed by atoms with Crippen molar-refractivity contribution in [1.82, 2.24) is 14.6 Å². The molecule has 0 saturated heterocycles. The molecule has 11 heavy (non-hydrogen) atoms. The lowest BCUT2D eigenvalue weighted by atomic mass is 10.4. The van der Waals surface area contributed by atoms with Crippen LogP contribution in [0.2, 0.25) is 0 Å². The molecule has 0 unspecified atom stereocenters. The second-order valence-electron chi connectivity index (χ2n) is 2.29. The van der Waals surface area contributed by atoms with Crippen LogP contribution in [0.4, 0.5) is 0 Å². The average Bonchev–Trinajstić information content (AvgIpc) is 2.46. The number of hydrogen-bond donors (Lipinski definition) is 1. The van der Waals surface area contributed by atoms with Gasteiger partial charge in [0.2, 0.25) is 0 Å². The lowest BCUT2D eigenvalue weighted by Gasteiger charge is -1.86. The molecule has 0 atom stereocenters. The first-order chi connectivity index (χ1) is 5.40. The summed E-state index contributed by atoms with van der Waals surface area (Å²) in [6, 6.07) is 1.92. The Morgan fingerprint density at radius 3 is 3.18 bits per heavy atom. The molecular formula is C7H8N4. The highest BCUT2D eigenvalue weighted by atomic mass is 15.2. The summed E-state index contributed by atoms with van der Waals surface area (Å²) in [4.78, 5) is 3.96. The van der Waals surface area contributed by atoms with Gasteiger partial charge in [-0.25, -0.2) is 4.52 Å². The van der Waals surface area contributed by atoms with Crippen molar-refractivity contribution in [2.24, 2.45) is 5.73 Å². The van der Waals surface area contributed by atoms with Crippen LogP contribution in [-0.4, -0.2) is 14.6 Å². The van der Waals surface area contributed by atoms with E-state index in [0.29, 0.717) is 6.54 Å². The van der Waals surface area contributed by atoms with E-state index < -0.39 is 0 Å². The zero-order valence-corrected chi connectivity index (χ0v) is 5.94. The minimum atomic E-state index is 0.474. The number of nitrogens with two attached hydrogens (primary N) is 1. The van der Waals surface area contributed by atoms with Crippen LogP contribution in [0.1, 0.15) is 5.69 Å². The predicted octanol–water partition coefficient (Wildman–Crippen LogP) is 0.188. The van der Waals surface area contributed by atoms with E-state index >= 15 is 0 Å². The molecule has 0 bridgehead atoms. The summed E-state index contributed by atoms with van der Waals surface area (Å²) < 4.78 is 1.76. The largest absolute Gasteiger partial charge is 0.325 e. The van der Waals surface area contributed by atoms with Gasteiger partial charge in [0, 0.05) is 18.9 Å². The minimum absolute atomic E-state index is 0.474. The normalized spacial score (nSPS) is 10.6. The molecule has 0 aliphatic carbocycles. The molecule has 0 radical (unpaired) electrons. The molecule has 0 aliphatic rings. The van der Waals surface area contributed by atoms with Crippen molar-refractivity contribution in [3.05, 3.63) is 30.4 Å². The van der Waals surface area contributed by atoms with Crippen molar-refractivity contribution in [2.45, 2.75) is 6.54 Å². The molecule has 4 heteroatoms. The Labute approximate surface area is 63.7 Å². The number of nitrogens with zero attached hydrogens (tertiary/aromatic N) is 3. The Morgan fingerprint density at radius 2 is 2.45 bits per heavy atom. The first kappa shape index (κ1) is 6.30. The third-order valence-electron chi connectivity index (χ3n) is 1.53. The Bertz CT molecular complexity index is 332. The number of rotatable bonds is 1. The second-order valence-corrected chi connectivity index (χ2v) is 2.29. The van der Waals surface area contributed by atoms with Gasteiger partial charge in [-0.05, 0) is 6.07 Å². The summed E-state index contributed by atoms with van der Waals surface area (Å²) in [5.74, 6) is 0. The highest BCUT2D eigenvalue weighted by Gasteiger charge is 1.96. The van der Waals surface area contributed by atoms with Crippen molar-refractivity contribution < 1.29 is 0 Å². The van der Waals surface area contributed by atoms with Crippen molar-refractivity contribution in [3.8, 4) is 0 Å². The van der Waals surface area contributed by atoms with Crippen LogP contribution >= 0.6 is 0 Å². The Hall–Kier alpha value is -1.42. The average molecular weight is 148 g/mol. The first-order valence-corrected chi connectivity index (χ1v) is 3.38. The van der Waals surface area contributed by atoms with Crippen molar-refractivity contribution >= 4 is 5.52 Å². The van der Waals surface area contributed by atoms with Gasteiger partial charge in [-0.15, -0.1) is 0 Å². The van der Waals surface area contributed by atoms with Crippen molar-refractivity contribution in [1.29, 1.82) is 0 Å². The third kappa shape index (κ3) is 0.969. The molecule has 2 rings (SSSR count). The van der Waals surface area contributed by atoms with Crippen LogP contribution in [0, 0.1) is 0 Å². The van der Waals surface area contributed by atoms with Gasteiger partial charge in [0.25, 0.3) is 0 Å². The van der Waals surface area contributed by atoms with Crippen molar-refractivity contribution in [3.63, 3.8) is 0 Å². The topological polar surface area (TPSA) is 56.2 Å². The summed E-state index contributed by atoms with van der Waals surface area (Å²) in [5, 5.41) is 4.18. The van der Waals surface area contributed by atoms with Gasteiger partial charge < -0.3 is 5.73 Å². The second kappa shape index (κ2) is 2.32. The molecule has 2 aromatic heterocycles. The van der Waals surface area contributed by atoms with Crippen LogP contribution in [0.15, 0.2) is 24.7 Å². The van der Waals surface area contributed by atoms with Crippen molar-refractivity contribution in [2.75, 3.05) is 0 Å². The maximum atomic E-state index is 5.42. The summed E-state index contributed by atoms with van der Waals surface area (Å²) in [6.45, 7) is 0.474. The van der Waals surface area contributed by atoms with E-state index in [9.17, 15) is 0 Å². The Morgan fingerprint density at radius 1 is 1.55 bits per heavy atom. The Kier molecular flexibility index (Phi) is 1.33. The van der Waals surface area contributed by atoms with Gasteiger partial charge in [-0.1, -0.05) is 0 Å². The third-order valence-corrected chi connectivity index (χ3v) is 1.53. The minimum Gasteiger partial charge on any atom is -0.325 e. The van der Waals surface area contributed by atoms with Gasteiger partial charge in [0.1, 0.15) is 0 Å². The summed E-state index contributed by atoms with van der Waals surface area (Å²) in [5.41, 5.74) is 7.28. The van der Waals surface area contributed by atoms with Crippen LogP contribution in [0.5, 0.6) is 0 Å². The molecule has 0 spiro atoms. The smallest absolute Gasteiger partial charge is 0.0848 e. The van der Waals surface area contributed by atoms with Gasteiger partial charge in [-0.3, -0.25) is 4.98 Å². The van der Waals surface area contributed by atoms with Gasteiger partial charge in [-0.2, -0.15) is 5.10 Å². The molecule has 4 nitrogen and oxygen atoms in total. The van der Waals surface area contributed by atoms with Gasteiger partial charge >= 0.3 is 0 Å². The lowest BCUT2D eigenvalue weighted by Crippen LogP contribution is -1.96. The summed E-state index contributed by atoms with van der Waals surface area (Å²) in [7, 11) is 0. The maximum absolute atomic E-state index is 5.42. The highest BCUT2D eigenvalue weighted by Crippen LogP contribution is 2.02. The van der Waals surface area contributed by atoms with E-state index in [1.54, 1.807) is 23.1 Å². The van der Waals surface area contributed by atoms with E-state index in [1.165, 1.54) is 0 Å². The van der Waals surface area contributed by atoms with Crippen LogP contribution < -0.4 is 5.73 Å². The molecule has 56 valence electrons. The van der Waals surface area contributed by atoms with Crippen LogP contribution in [0.3, 0.4) is 0 Å².